The molecule has 0 aromatic heterocycles. The summed E-state index contributed by atoms with van der Waals surface area (Å²) in [7, 11) is 1.61. The molecule has 0 heterocycles. The zero-order valence-corrected chi connectivity index (χ0v) is 15.3. The number of hydroxylamine groups is 1. The molecule has 0 aliphatic heterocycles. The molecule has 0 aliphatic carbocycles. The number of nitrogens with one attached hydrogen (secondary N) is 1. The number of aryl methyl sites for hydroxylation is 2. The van der Waals surface area contributed by atoms with Crippen LogP contribution in [-0.4, -0.2) is 24.7 Å². The first-order valence-electron chi connectivity index (χ1n) is 7.79. The fraction of sp³-hybridized carbons (Fsp3) is 0.263. The number of methoxy groups -OCH3 is 1. The van der Waals surface area contributed by atoms with Crippen LogP contribution >= 0.6 is 12.2 Å². The van der Waals surface area contributed by atoms with Gasteiger partial charge < -0.3 is 14.3 Å². The number of hydrogen-bond donors (Lipinski definition) is 1. The lowest BCUT2D eigenvalue weighted by molar-refractivity contribution is -0.150. The molecule has 0 aliphatic rings. The third kappa shape index (κ3) is 6.08. The minimum Gasteiger partial charge on any atom is -0.497 e. The van der Waals surface area contributed by atoms with Crippen molar-refractivity contribution < 1.29 is 19.1 Å². The van der Waals surface area contributed by atoms with E-state index in [2.05, 4.69) is 5.48 Å². The van der Waals surface area contributed by atoms with Gasteiger partial charge in [-0.1, -0.05) is 42.0 Å². The molecular weight excluding hydrogens is 338 g/mol. The zero-order valence-electron chi connectivity index (χ0n) is 14.5. The van der Waals surface area contributed by atoms with Crippen molar-refractivity contribution >= 4 is 23.2 Å². The average Bonchev–Trinajstić information content (AvgIpc) is 2.60. The number of carbonyl (C=O) groups is 1. The van der Waals surface area contributed by atoms with E-state index in [9.17, 15) is 4.79 Å². The molecule has 6 heteroatoms. The molecule has 0 amide bonds. The van der Waals surface area contributed by atoms with Crippen LogP contribution in [0, 0.1) is 13.8 Å². The van der Waals surface area contributed by atoms with Crippen molar-refractivity contribution in [2.24, 2.45) is 0 Å². The van der Waals surface area contributed by atoms with E-state index in [0.717, 1.165) is 22.4 Å². The van der Waals surface area contributed by atoms with E-state index in [-0.39, 0.29) is 6.61 Å². The Morgan fingerprint density at radius 3 is 2.48 bits per heavy atom. The fourth-order valence-corrected chi connectivity index (χ4v) is 2.41. The summed E-state index contributed by atoms with van der Waals surface area (Å²) in [5.41, 5.74) is 5.58. The Morgan fingerprint density at radius 2 is 1.84 bits per heavy atom. The molecule has 0 saturated heterocycles. The highest BCUT2D eigenvalue weighted by molar-refractivity contribution is 7.80. The lowest BCUT2D eigenvalue weighted by atomic mass is 10.1. The van der Waals surface area contributed by atoms with Crippen molar-refractivity contribution in [1.29, 1.82) is 0 Å². The van der Waals surface area contributed by atoms with Crippen molar-refractivity contribution in [1.82, 2.24) is 5.48 Å². The van der Waals surface area contributed by atoms with Crippen LogP contribution in [0.15, 0.2) is 42.5 Å². The van der Waals surface area contributed by atoms with Crippen LogP contribution < -0.4 is 15.0 Å². The number of hydrogen-bond acceptors (Lipinski definition) is 5. The van der Waals surface area contributed by atoms with Crippen LogP contribution in [-0.2, 0) is 16.1 Å². The van der Waals surface area contributed by atoms with E-state index >= 15 is 0 Å². The molecule has 0 saturated carbocycles. The highest BCUT2D eigenvalue weighted by Gasteiger charge is 2.08. The molecule has 1 N–H and O–H groups in total. The maximum atomic E-state index is 11.7. The summed E-state index contributed by atoms with van der Waals surface area (Å²) in [6.45, 7) is 3.73. The topological polar surface area (TPSA) is 56.8 Å². The summed E-state index contributed by atoms with van der Waals surface area (Å²) in [6.07, 6.45) is 0.463. The van der Waals surface area contributed by atoms with Gasteiger partial charge >= 0.3 is 5.97 Å². The van der Waals surface area contributed by atoms with Gasteiger partial charge in [0.15, 0.2) is 6.61 Å². The van der Waals surface area contributed by atoms with Crippen molar-refractivity contribution in [3.8, 4) is 11.5 Å². The average molecular weight is 359 g/mol. The Balaban J connectivity index is 1.74. The van der Waals surface area contributed by atoms with E-state index < -0.39 is 5.97 Å². The van der Waals surface area contributed by atoms with Crippen molar-refractivity contribution in [3.05, 3.63) is 59.2 Å². The minimum absolute atomic E-state index is 0.192. The number of ether oxygens (including phenoxy) is 2. The third-order valence-electron chi connectivity index (χ3n) is 3.48. The summed E-state index contributed by atoms with van der Waals surface area (Å²) in [6, 6.07) is 13.2. The quantitative estimate of drug-likeness (QED) is 0.631. The predicted octanol–water partition coefficient (Wildman–Crippen LogP) is 3.31. The Labute approximate surface area is 152 Å². The molecular formula is C19H21NO4S. The van der Waals surface area contributed by atoms with E-state index in [1.54, 1.807) is 7.11 Å². The molecule has 132 valence electrons. The van der Waals surface area contributed by atoms with E-state index in [4.69, 9.17) is 26.5 Å². The maximum absolute atomic E-state index is 11.7. The molecule has 0 fully saturated rings. The third-order valence-corrected chi connectivity index (χ3v) is 3.71. The van der Waals surface area contributed by atoms with Crippen molar-refractivity contribution in [3.63, 3.8) is 0 Å². The summed E-state index contributed by atoms with van der Waals surface area (Å²) in [5, 5.41) is 0. The first kappa shape index (κ1) is 18.7. The largest absolute Gasteiger partial charge is 0.497 e. The molecule has 0 bridgehead atoms. The van der Waals surface area contributed by atoms with Crippen LogP contribution in [0.25, 0.3) is 0 Å². The van der Waals surface area contributed by atoms with Crippen molar-refractivity contribution in [2.45, 2.75) is 20.3 Å². The first-order valence-corrected chi connectivity index (χ1v) is 8.20. The van der Waals surface area contributed by atoms with Gasteiger partial charge in [0.2, 0.25) is 0 Å². The van der Waals surface area contributed by atoms with Gasteiger partial charge in [0.1, 0.15) is 16.5 Å². The summed E-state index contributed by atoms with van der Waals surface area (Å²) in [5.74, 6) is 0.887. The number of thiocarbonyl (C=S) groups is 1. The second-order valence-corrected chi connectivity index (χ2v) is 6.07. The number of rotatable bonds is 6. The van der Waals surface area contributed by atoms with Gasteiger partial charge in [-0.25, -0.2) is 10.3 Å². The molecule has 25 heavy (non-hydrogen) atoms. The maximum Gasteiger partial charge on any atom is 0.369 e. The van der Waals surface area contributed by atoms with Crippen molar-refractivity contribution in [2.75, 3.05) is 13.7 Å². The molecule has 0 unspecified atom stereocenters. The monoisotopic (exact) mass is 359 g/mol. The second kappa shape index (κ2) is 9.03. The number of carbonyl (C=O) groups excluding carboxylic acids is 1. The van der Waals surface area contributed by atoms with Crippen LogP contribution in [0.3, 0.4) is 0 Å². The first-order chi connectivity index (χ1) is 12.0. The van der Waals surface area contributed by atoms with E-state index in [1.807, 2.05) is 56.3 Å². The van der Waals surface area contributed by atoms with Gasteiger partial charge in [0.25, 0.3) is 0 Å². The number of benzene rings is 2. The van der Waals surface area contributed by atoms with E-state index in [0.29, 0.717) is 17.2 Å². The normalized spacial score (nSPS) is 10.0. The fourth-order valence-electron chi connectivity index (χ4n) is 2.21. The summed E-state index contributed by atoms with van der Waals surface area (Å²) >= 11 is 5.17. The van der Waals surface area contributed by atoms with Gasteiger partial charge in [-0.3, -0.25) is 0 Å². The van der Waals surface area contributed by atoms with Gasteiger partial charge in [-0.2, -0.15) is 0 Å². The smallest absolute Gasteiger partial charge is 0.369 e. The Kier molecular flexibility index (Phi) is 6.77. The zero-order chi connectivity index (χ0) is 18.2. The van der Waals surface area contributed by atoms with Gasteiger partial charge in [0.05, 0.1) is 7.11 Å². The van der Waals surface area contributed by atoms with Gasteiger partial charge in [-0.05, 0) is 43.2 Å². The van der Waals surface area contributed by atoms with Gasteiger partial charge in [-0.15, -0.1) is 0 Å². The SMILES string of the molecule is COc1ccc(CC(=S)NOC(=O)COc2ccc(C)cc2C)cc1. The lowest BCUT2D eigenvalue weighted by Gasteiger charge is -2.11. The second-order valence-electron chi connectivity index (χ2n) is 5.58. The standard InChI is InChI=1S/C19H21NO4S/c1-13-4-9-17(14(2)10-13)23-12-19(21)24-20-18(25)11-15-5-7-16(22-3)8-6-15/h4-10H,11-12H2,1-3H3,(H,20,25). The summed E-state index contributed by atoms with van der Waals surface area (Å²) in [4.78, 5) is 17.1. The Hall–Kier alpha value is -2.60. The molecule has 0 radical (unpaired) electrons. The molecule has 0 spiro atoms. The Morgan fingerprint density at radius 1 is 1.12 bits per heavy atom. The predicted molar refractivity (Wildman–Crippen MR) is 99.9 cm³/mol. The molecule has 5 nitrogen and oxygen atoms in total. The lowest BCUT2D eigenvalue weighted by Crippen LogP contribution is -2.29. The summed E-state index contributed by atoms with van der Waals surface area (Å²) < 4.78 is 10.6. The Bertz CT molecular complexity index is 744. The van der Waals surface area contributed by atoms with Crippen LogP contribution in [0.1, 0.15) is 16.7 Å². The van der Waals surface area contributed by atoms with Gasteiger partial charge in [0, 0.05) is 6.42 Å². The molecule has 2 aromatic carbocycles. The molecule has 0 atom stereocenters. The molecule has 2 aromatic rings. The van der Waals surface area contributed by atoms with Crippen LogP contribution in [0.4, 0.5) is 0 Å². The van der Waals surface area contributed by atoms with E-state index in [1.165, 1.54) is 0 Å². The van der Waals surface area contributed by atoms with Crippen LogP contribution in [0.2, 0.25) is 0 Å². The molecule has 2 rings (SSSR count). The highest BCUT2D eigenvalue weighted by Crippen LogP contribution is 2.18. The highest BCUT2D eigenvalue weighted by atomic mass is 32.1. The van der Waals surface area contributed by atoms with Crippen LogP contribution in [0.5, 0.6) is 11.5 Å². The minimum atomic E-state index is -0.544.